The van der Waals surface area contributed by atoms with Crippen molar-refractivity contribution in [2.75, 3.05) is 4.90 Å². The van der Waals surface area contributed by atoms with E-state index in [1.807, 2.05) is 12.3 Å². The summed E-state index contributed by atoms with van der Waals surface area (Å²) in [6.45, 7) is 1.98. The maximum Gasteiger partial charge on any atom is 0.308 e. The molecule has 3 unspecified atom stereocenters. The van der Waals surface area contributed by atoms with E-state index in [9.17, 15) is 4.79 Å². The van der Waals surface area contributed by atoms with Gasteiger partial charge in [0, 0.05) is 17.5 Å². The first-order valence-corrected chi connectivity index (χ1v) is 6.48. The van der Waals surface area contributed by atoms with Crippen LogP contribution < -0.4 is 4.90 Å². The van der Waals surface area contributed by atoms with Crippen LogP contribution in [-0.2, 0) is 4.79 Å². The Labute approximate surface area is 97.9 Å². The Morgan fingerprint density at radius 2 is 2.44 bits per heavy atom. The molecule has 3 atom stereocenters. The maximum absolute atomic E-state index is 11.1. The molecular weight excluding hydrogens is 224 g/mol. The fourth-order valence-electron chi connectivity index (χ4n) is 3.01. The number of aryl methyl sites for hydroxylation is 1. The van der Waals surface area contributed by atoms with Crippen LogP contribution in [0.2, 0.25) is 0 Å². The Balaban J connectivity index is 1.90. The van der Waals surface area contributed by atoms with Gasteiger partial charge < -0.3 is 10.0 Å². The largest absolute Gasteiger partial charge is 0.481 e. The summed E-state index contributed by atoms with van der Waals surface area (Å²) < 4.78 is 0. The highest BCUT2D eigenvalue weighted by Crippen LogP contribution is 2.45. The highest BCUT2D eigenvalue weighted by Gasteiger charge is 2.50. The fourth-order valence-corrected chi connectivity index (χ4v) is 3.94. The van der Waals surface area contributed by atoms with Gasteiger partial charge in [-0.1, -0.05) is 0 Å². The first-order valence-electron chi connectivity index (χ1n) is 5.60. The molecule has 16 heavy (non-hydrogen) atoms. The van der Waals surface area contributed by atoms with Gasteiger partial charge in [0.05, 0.1) is 11.6 Å². The maximum atomic E-state index is 11.1. The number of carboxylic acid groups (broad SMARTS) is 1. The van der Waals surface area contributed by atoms with Crippen LogP contribution in [0.5, 0.6) is 0 Å². The number of anilines is 1. The summed E-state index contributed by atoms with van der Waals surface area (Å²) in [6, 6.07) is 0.574. The minimum absolute atomic E-state index is 0.174. The predicted molar refractivity (Wildman–Crippen MR) is 61.9 cm³/mol. The van der Waals surface area contributed by atoms with Crippen LogP contribution >= 0.6 is 11.3 Å². The van der Waals surface area contributed by atoms with E-state index >= 15 is 0 Å². The molecule has 0 radical (unpaired) electrons. The molecule has 2 aliphatic rings. The molecule has 86 valence electrons. The molecule has 0 spiro atoms. The van der Waals surface area contributed by atoms with Crippen LogP contribution in [0.3, 0.4) is 0 Å². The van der Waals surface area contributed by atoms with E-state index in [0.717, 1.165) is 30.1 Å². The predicted octanol–water partition coefficient (Wildman–Crippen LogP) is 1.89. The Morgan fingerprint density at radius 1 is 1.62 bits per heavy atom. The average molecular weight is 238 g/mol. The van der Waals surface area contributed by atoms with E-state index < -0.39 is 5.97 Å². The molecule has 5 heteroatoms. The van der Waals surface area contributed by atoms with Crippen molar-refractivity contribution in [3.8, 4) is 0 Å². The Bertz CT molecular complexity index is 431. The van der Waals surface area contributed by atoms with Gasteiger partial charge in [0.2, 0.25) is 0 Å². The van der Waals surface area contributed by atoms with Crippen molar-refractivity contribution in [1.29, 1.82) is 0 Å². The topological polar surface area (TPSA) is 53.4 Å². The van der Waals surface area contributed by atoms with Gasteiger partial charge in [0.25, 0.3) is 0 Å². The van der Waals surface area contributed by atoms with E-state index in [0.29, 0.717) is 6.04 Å². The highest BCUT2D eigenvalue weighted by atomic mass is 32.1. The Hall–Kier alpha value is -1.10. The third kappa shape index (κ3) is 1.34. The van der Waals surface area contributed by atoms with E-state index in [2.05, 4.69) is 9.88 Å². The number of aliphatic carboxylic acids is 1. The van der Waals surface area contributed by atoms with Gasteiger partial charge in [0.15, 0.2) is 5.13 Å². The van der Waals surface area contributed by atoms with Crippen LogP contribution in [0, 0.1) is 12.8 Å². The second-order valence-electron chi connectivity index (χ2n) is 4.66. The summed E-state index contributed by atoms with van der Waals surface area (Å²) in [6.07, 6.45) is 2.91. The minimum Gasteiger partial charge on any atom is -0.481 e. The van der Waals surface area contributed by atoms with Crippen molar-refractivity contribution >= 4 is 22.4 Å². The average Bonchev–Trinajstić information content (AvgIpc) is 2.89. The lowest BCUT2D eigenvalue weighted by Gasteiger charge is -2.21. The molecule has 2 saturated heterocycles. The van der Waals surface area contributed by atoms with Crippen molar-refractivity contribution < 1.29 is 9.90 Å². The molecule has 2 fully saturated rings. The molecule has 1 aromatic rings. The van der Waals surface area contributed by atoms with Crippen LogP contribution in [0.4, 0.5) is 5.13 Å². The first kappa shape index (κ1) is 10.1. The Kier molecular flexibility index (Phi) is 2.17. The minimum atomic E-state index is -0.648. The van der Waals surface area contributed by atoms with Crippen molar-refractivity contribution in [3.63, 3.8) is 0 Å². The van der Waals surface area contributed by atoms with Crippen LogP contribution in [0.25, 0.3) is 0 Å². The fraction of sp³-hybridized carbons (Fsp3) is 0.636. The molecular formula is C11H14N2O2S. The zero-order valence-corrected chi connectivity index (χ0v) is 9.91. The summed E-state index contributed by atoms with van der Waals surface area (Å²) in [5, 5.41) is 12.2. The summed E-state index contributed by atoms with van der Waals surface area (Å²) in [5.74, 6) is -0.839. The van der Waals surface area contributed by atoms with Gasteiger partial charge in [-0.15, -0.1) is 11.3 Å². The van der Waals surface area contributed by atoms with Crippen molar-refractivity contribution in [2.24, 2.45) is 5.92 Å². The van der Waals surface area contributed by atoms with Crippen molar-refractivity contribution in [3.05, 3.63) is 11.1 Å². The molecule has 4 nitrogen and oxygen atoms in total. The summed E-state index contributed by atoms with van der Waals surface area (Å²) in [7, 11) is 0. The molecule has 3 rings (SSSR count). The van der Waals surface area contributed by atoms with E-state index in [1.165, 1.54) is 0 Å². The van der Waals surface area contributed by atoms with E-state index in [-0.39, 0.29) is 12.0 Å². The molecule has 1 aromatic heterocycles. The van der Waals surface area contributed by atoms with Gasteiger partial charge in [-0.3, -0.25) is 4.79 Å². The lowest BCUT2D eigenvalue weighted by atomic mass is 9.89. The van der Waals surface area contributed by atoms with Crippen molar-refractivity contribution in [2.45, 2.75) is 38.3 Å². The monoisotopic (exact) mass is 238 g/mol. The number of hydrogen-bond donors (Lipinski definition) is 1. The molecule has 2 aliphatic heterocycles. The normalized spacial score (nSPS) is 32.3. The number of fused-ring (bicyclic) bond motifs is 2. The molecule has 0 amide bonds. The number of aromatic nitrogens is 1. The zero-order valence-electron chi connectivity index (χ0n) is 9.09. The number of carboxylic acids is 1. The second kappa shape index (κ2) is 3.45. The quantitative estimate of drug-likeness (QED) is 0.855. The first-order chi connectivity index (χ1) is 7.66. The standard InChI is InChI=1S/C11H14N2O2S/c1-6-5-16-11(12-6)13-7-2-3-9(13)8(4-7)10(14)15/h5,7-9H,2-4H2,1H3,(H,14,15). The highest BCUT2D eigenvalue weighted by molar-refractivity contribution is 7.13. The van der Waals surface area contributed by atoms with Gasteiger partial charge >= 0.3 is 5.97 Å². The second-order valence-corrected chi connectivity index (χ2v) is 5.49. The van der Waals surface area contributed by atoms with E-state index in [1.54, 1.807) is 11.3 Å². The van der Waals surface area contributed by atoms with Gasteiger partial charge in [-0.05, 0) is 26.2 Å². The van der Waals surface area contributed by atoms with Gasteiger partial charge in [-0.25, -0.2) is 4.98 Å². The summed E-state index contributed by atoms with van der Waals surface area (Å²) in [5.41, 5.74) is 1.03. The zero-order chi connectivity index (χ0) is 11.3. The Morgan fingerprint density at radius 3 is 3.00 bits per heavy atom. The van der Waals surface area contributed by atoms with Gasteiger partial charge in [0.1, 0.15) is 0 Å². The molecule has 2 bridgehead atoms. The lowest BCUT2D eigenvalue weighted by molar-refractivity contribution is -0.142. The molecule has 3 heterocycles. The number of thiazole rings is 1. The molecule has 0 saturated carbocycles. The molecule has 1 N–H and O–H groups in total. The van der Waals surface area contributed by atoms with Crippen molar-refractivity contribution in [1.82, 2.24) is 4.98 Å². The SMILES string of the molecule is Cc1csc(N2C3CCC2C(C(=O)O)C3)n1. The number of carbonyl (C=O) groups is 1. The lowest BCUT2D eigenvalue weighted by Crippen LogP contribution is -2.32. The number of hydrogen-bond acceptors (Lipinski definition) is 4. The van der Waals surface area contributed by atoms with E-state index in [4.69, 9.17) is 5.11 Å². The summed E-state index contributed by atoms with van der Waals surface area (Å²) >= 11 is 1.63. The van der Waals surface area contributed by atoms with Crippen LogP contribution in [0.15, 0.2) is 5.38 Å². The molecule has 0 aromatic carbocycles. The number of rotatable bonds is 2. The van der Waals surface area contributed by atoms with Crippen LogP contribution in [-0.4, -0.2) is 28.1 Å². The smallest absolute Gasteiger partial charge is 0.308 e. The summed E-state index contributed by atoms with van der Waals surface area (Å²) in [4.78, 5) is 17.9. The number of nitrogens with zero attached hydrogens (tertiary/aromatic N) is 2. The van der Waals surface area contributed by atoms with Crippen LogP contribution in [0.1, 0.15) is 25.0 Å². The third-order valence-corrected chi connectivity index (χ3v) is 4.65. The molecule has 0 aliphatic carbocycles. The third-order valence-electron chi connectivity index (χ3n) is 3.68. The van der Waals surface area contributed by atoms with Gasteiger partial charge in [-0.2, -0.15) is 0 Å².